The summed E-state index contributed by atoms with van der Waals surface area (Å²) in [5.41, 5.74) is 1.86. The molecule has 122 valence electrons. The fraction of sp³-hybridized carbons (Fsp3) is 0.111. The van der Waals surface area contributed by atoms with Gasteiger partial charge in [0.05, 0.1) is 0 Å². The summed E-state index contributed by atoms with van der Waals surface area (Å²) in [5.74, 6) is -0.444. The molecule has 0 bridgehead atoms. The third-order valence-electron chi connectivity index (χ3n) is 3.23. The van der Waals surface area contributed by atoms with Crippen molar-refractivity contribution in [1.29, 1.82) is 5.26 Å². The first-order chi connectivity index (χ1) is 11.6. The smallest absolute Gasteiger partial charge is 0.263 e. The molecular weight excluding hydrogens is 390 g/mol. The van der Waals surface area contributed by atoms with Crippen LogP contribution in [0.15, 0.2) is 64.8 Å². The van der Waals surface area contributed by atoms with Crippen LogP contribution in [0, 0.1) is 11.3 Å². The van der Waals surface area contributed by atoms with Gasteiger partial charge in [0.1, 0.15) is 11.6 Å². The zero-order valence-corrected chi connectivity index (χ0v) is 15.1. The fourth-order valence-electron chi connectivity index (χ4n) is 1.93. The molecule has 0 aliphatic heterocycles. The molecule has 24 heavy (non-hydrogen) atoms. The van der Waals surface area contributed by atoms with Gasteiger partial charge in [0.15, 0.2) is 0 Å². The third-order valence-corrected chi connectivity index (χ3v) is 4.13. The van der Waals surface area contributed by atoms with Gasteiger partial charge in [0.25, 0.3) is 5.91 Å². The molecule has 0 aromatic heterocycles. The molecule has 0 heterocycles. The van der Waals surface area contributed by atoms with E-state index >= 15 is 0 Å². The highest BCUT2D eigenvalue weighted by atomic mass is 79.9. The summed E-state index contributed by atoms with van der Waals surface area (Å²) in [5, 5.41) is 15.4. The van der Waals surface area contributed by atoms with Crippen molar-refractivity contribution in [3.8, 4) is 6.07 Å². The van der Waals surface area contributed by atoms with Gasteiger partial charge in [-0.15, -0.1) is 0 Å². The molecule has 2 rings (SSSR count). The van der Waals surface area contributed by atoms with Crippen molar-refractivity contribution in [2.45, 2.75) is 13.1 Å². The summed E-state index contributed by atoms with van der Waals surface area (Å²) >= 11 is 9.41. The van der Waals surface area contributed by atoms with Crippen LogP contribution in [0.4, 0.5) is 0 Å². The summed E-state index contributed by atoms with van der Waals surface area (Å²) in [4.78, 5) is 12.1. The lowest BCUT2D eigenvalue weighted by molar-refractivity contribution is -0.117. The molecule has 0 atom stereocenters. The zero-order chi connectivity index (χ0) is 17.4. The van der Waals surface area contributed by atoms with Crippen LogP contribution < -0.4 is 10.6 Å². The molecule has 0 aliphatic rings. The average Bonchev–Trinajstić information content (AvgIpc) is 2.59. The van der Waals surface area contributed by atoms with E-state index in [1.807, 2.05) is 48.5 Å². The highest BCUT2D eigenvalue weighted by Crippen LogP contribution is 2.14. The van der Waals surface area contributed by atoms with Gasteiger partial charge in [-0.25, -0.2) is 0 Å². The van der Waals surface area contributed by atoms with E-state index in [4.69, 9.17) is 16.9 Å². The maximum Gasteiger partial charge on any atom is 0.263 e. The second-order valence-electron chi connectivity index (χ2n) is 4.95. The van der Waals surface area contributed by atoms with Crippen molar-refractivity contribution in [3.63, 3.8) is 0 Å². The monoisotopic (exact) mass is 403 g/mol. The first-order valence-corrected chi connectivity index (χ1v) is 8.37. The first-order valence-electron chi connectivity index (χ1n) is 7.20. The number of rotatable bonds is 6. The average molecular weight is 405 g/mol. The van der Waals surface area contributed by atoms with E-state index in [1.54, 1.807) is 6.07 Å². The lowest BCUT2D eigenvalue weighted by Crippen LogP contribution is -2.25. The van der Waals surface area contributed by atoms with Crippen molar-refractivity contribution in [3.05, 3.63) is 80.9 Å². The minimum atomic E-state index is -0.444. The molecule has 1 amide bonds. The van der Waals surface area contributed by atoms with E-state index in [9.17, 15) is 4.79 Å². The van der Waals surface area contributed by atoms with Gasteiger partial charge in [0, 0.05) is 28.8 Å². The number of benzene rings is 2. The summed E-state index contributed by atoms with van der Waals surface area (Å²) in [7, 11) is 0. The molecule has 0 spiro atoms. The predicted octanol–water partition coefficient (Wildman–Crippen LogP) is 3.92. The number of halogens is 2. The van der Waals surface area contributed by atoms with Crippen molar-refractivity contribution in [2.24, 2.45) is 0 Å². The Morgan fingerprint density at radius 2 is 1.88 bits per heavy atom. The van der Waals surface area contributed by atoms with E-state index in [0.717, 1.165) is 15.6 Å². The highest BCUT2D eigenvalue weighted by Gasteiger charge is 2.09. The van der Waals surface area contributed by atoms with Crippen molar-refractivity contribution in [2.75, 3.05) is 0 Å². The SMILES string of the molecule is N#C/C(=C/NCc1ccc(Br)cc1)C(=O)NCc1ccccc1Cl. The number of carbonyl (C=O) groups is 1. The fourth-order valence-corrected chi connectivity index (χ4v) is 2.40. The Hall–Kier alpha value is -2.29. The van der Waals surface area contributed by atoms with Crippen LogP contribution in [-0.2, 0) is 17.9 Å². The van der Waals surface area contributed by atoms with E-state index in [-0.39, 0.29) is 12.1 Å². The van der Waals surface area contributed by atoms with E-state index in [1.165, 1.54) is 6.20 Å². The van der Waals surface area contributed by atoms with Crippen molar-refractivity contribution in [1.82, 2.24) is 10.6 Å². The van der Waals surface area contributed by atoms with Crippen LogP contribution in [0.5, 0.6) is 0 Å². The molecular formula is C18H15BrClN3O. The lowest BCUT2D eigenvalue weighted by atomic mass is 10.2. The minimum absolute atomic E-state index is 0.0131. The summed E-state index contributed by atoms with van der Waals surface area (Å²) in [6.45, 7) is 0.792. The Morgan fingerprint density at radius 1 is 1.17 bits per heavy atom. The van der Waals surface area contributed by atoms with E-state index < -0.39 is 5.91 Å². The van der Waals surface area contributed by atoms with E-state index in [2.05, 4.69) is 26.6 Å². The largest absolute Gasteiger partial charge is 0.386 e. The molecule has 0 saturated carbocycles. The number of hydrogen-bond donors (Lipinski definition) is 2. The Labute approximate surface area is 154 Å². The van der Waals surface area contributed by atoms with E-state index in [0.29, 0.717) is 11.6 Å². The minimum Gasteiger partial charge on any atom is -0.386 e. The summed E-state index contributed by atoms with van der Waals surface area (Å²) in [6.07, 6.45) is 1.42. The Bertz CT molecular complexity index is 782. The second-order valence-corrected chi connectivity index (χ2v) is 6.27. The predicted molar refractivity (Wildman–Crippen MR) is 98.0 cm³/mol. The number of hydrogen-bond acceptors (Lipinski definition) is 3. The van der Waals surface area contributed by atoms with Crippen LogP contribution in [-0.4, -0.2) is 5.91 Å². The van der Waals surface area contributed by atoms with Crippen molar-refractivity contribution < 1.29 is 4.79 Å². The maximum atomic E-state index is 12.1. The molecule has 2 aromatic rings. The van der Waals surface area contributed by atoms with Gasteiger partial charge in [-0.05, 0) is 29.3 Å². The molecule has 4 nitrogen and oxygen atoms in total. The number of nitriles is 1. The number of nitrogens with zero attached hydrogens (tertiary/aromatic N) is 1. The lowest BCUT2D eigenvalue weighted by Gasteiger charge is -2.07. The topological polar surface area (TPSA) is 64.9 Å². The summed E-state index contributed by atoms with van der Waals surface area (Å²) in [6, 6.07) is 16.9. The number of carbonyl (C=O) groups excluding carboxylic acids is 1. The number of nitrogens with one attached hydrogen (secondary N) is 2. The van der Waals surface area contributed by atoms with Gasteiger partial charge in [-0.1, -0.05) is 57.9 Å². The molecule has 6 heteroatoms. The van der Waals surface area contributed by atoms with Gasteiger partial charge in [-0.3, -0.25) is 4.79 Å². The zero-order valence-electron chi connectivity index (χ0n) is 12.7. The van der Waals surface area contributed by atoms with Crippen LogP contribution in [0.25, 0.3) is 0 Å². The molecule has 0 fully saturated rings. The van der Waals surface area contributed by atoms with Crippen LogP contribution in [0.2, 0.25) is 5.02 Å². The maximum absolute atomic E-state index is 12.1. The molecule has 0 unspecified atom stereocenters. The van der Waals surface area contributed by atoms with Crippen LogP contribution in [0.3, 0.4) is 0 Å². The summed E-state index contributed by atoms with van der Waals surface area (Å²) < 4.78 is 0.999. The van der Waals surface area contributed by atoms with Crippen LogP contribution in [0.1, 0.15) is 11.1 Å². The quantitative estimate of drug-likeness (QED) is 0.566. The Morgan fingerprint density at radius 3 is 2.54 bits per heavy atom. The number of amides is 1. The standard InChI is InChI=1S/C18H15BrClN3O/c19-16-7-5-13(6-8-16)10-22-11-15(9-21)18(24)23-12-14-3-1-2-4-17(14)20/h1-8,11,22H,10,12H2,(H,23,24)/b15-11-. The Balaban J connectivity index is 1.90. The van der Waals surface area contributed by atoms with Gasteiger partial charge < -0.3 is 10.6 Å². The van der Waals surface area contributed by atoms with Gasteiger partial charge >= 0.3 is 0 Å². The molecule has 2 aromatic carbocycles. The highest BCUT2D eigenvalue weighted by molar-refractivity contribution is 9.10. The molecule has 0 saturated heterocycles. The normalized spacial score (nSPS) is 10.8. The van der Waals surface area contributed by atoms with Crippen LogP contribution >= 0.6 is 27.5 Å². The van der Waals surface area contributed by atoms with Gasteiger partial charge in [0.2, 0.25) is 0 Å². The second kappa shape index (κ2) is 9.11. The molecule has 0 radical (unpaired) electrons. The molecule has 0 aliphatic carbocycles. The third kappa shape index (κ3) is 5.41. The van der Waals surface area contributed by atoms with Crippen molar-refractivity contribution >= 4 is 33.4 Å². The Kier molecular flexibility index (Phi) is 6.86. The first kappa shape index (κ1) is 18.1. The van der Waals surface area contributed by atoms with Gasteiger partial charge in [-0.2, -0.15) is 5.26 Å². The molecule has 2 N–H and O–H groups in total.